The van der Waals surface area contributed by atoms with Crippen LogP contribution in [0.4, 0.5) is 51.0 Å². The Morgan fingerprint density at radius 3 is 2.00 bits per heavy atom. The fourth-order valence-electron chi connectivity index (χ4n) is 1.35. The van der Waals surface area contributed by atoms with E-state index in [0.717, 1.165) is 0 Å². The Balaban J connectivity index is 3.31. The van der Waals surface area contributed by atoms with E-state index in [-0.39, 0.29) is 12.3 Å². The summed E-state index contributed by atoms with van der Waals surface area (Å²) in [6.45, 7) is 0. The summed E-state index contributed by atoms with van der Waals surface area (Å²) in [5.41, 5.74) is -2.95. The Labute approximate surface area is 141 Å². The van der Waals surface area contributed by atoms with E-state index in [1.54, 1.807) is 0 Å². The van der Waals surface area contributed by atoms with Crippen molar-refractivity contribution in [2.45, 2.75) is 23.4 Å². The number of rotatable bonds is 5. The van der Waals surface area contributed by atoms with Crippen LogP contribution in [0.15, 0.2) is 12.3 Å². The van der Waals surface area contributed by atoms with E-state index in [0.29, 0.717) is 5.32 Å². The third-order valence-corrected chi connectivity index (χ3v) is 2.88. The number of pyridine rings is 1. The van der Waals surface area contributed by atoms with E-state index in [1.165, 1.54) is 0 Å². The van der Waals surface area contributed by atoms with Gasteiger partial charge in [-0.3, -0.25) is 20.2 Å². The number of alkyl halides is 10. The number of carbonyl (C=O) groups excluding carboxylic acids is 1. The zero-order valence-corrected chi connectivity index (χ0v) is 12.3. The number of nitrogens with zero attached hydrogens (tertiary/aromatic N) is 2. The predicted octanol–water partition coefficient (Wildman–Crippen LogP) is 4.05. The van der Waals surface area contributed by atoms with Crippen LogP contribution in [0.2, 0.25) is 0 Å². The van der Waals surface area contributed by atoms with Crippen molar-refractivity contribution < 1.29 is 49.2 Å². The number of carbonyl (C=O) groups is 1. The zero-order chi connectivity index (χ0) is 20.7. The number of nitrogens with one attached hydrogen (secondary N) is 1. The second-order valence-electron chi connectivity index (χ2n) is 4.45. The lowest BCUT2D eigenvalue weighted by Crippen LogP contribution is -2.57. The molecule has 0 saturated carbocycles. The number of halogens is 10. The zero-order valence-electron chi connectivity index (χ0n) is 11.6. The Kier molecular flexibility index (Phi) is 5.38. The summed E-state index contributed by atoms with van der Waals surface area (Å²) < 4.78 is 113. The molecule has 6 nitrogen and oxygen atoms in total. The molecule has 1 aromatic heterocycles. The number of aromatic nitrogens is 1. The summed E-state index contributed by atoms with van der Waals surface area (Å²) in [6.07, 6.45) is -6.78. The molecule has 1 rings (SSSR count). The van der Waals surface area contributed by atoms with Crippen LogP contribution in [0.5, 0.6) is 0 Å². The third-order valence-electron chi connectivity index (χ3n) is 2.66. The van der Waals surface area contributed by atoms with E-state index in [9.17, 15) is 54.4 Å². The fraction of sp³-hybridized carbons (Fsp3) is 0.400. The van der Waals surface area contributed by atoms with Crippen LogP contribution in [0.1, 0.15) is 5.56 Å². The van der Waals surface area contributed by atoms with Gasteiger partial charge in [0.25, 0.3) is 0 Å². The monoisotopic (exact) mass is 419 g/mol. The van der Waals surface area contributed by atoms with Crippen molar-refractivity contribution in [1.82, 2.24) is 4.98 Å². The van der Waals surface area contributed by atoms with Crippen molar-refractivity contribution in [1.29, 1.82) is 0 Å². The van der Waals surface area contributed by atoms with Crippen LogP contribution in [-0.2, 0) is 10.2 Å². The highest BCUT2D eigenvalue weighted by atomic mass is 35.5. The second kappa shape index (κ2) is 6.44. The first-order valence-corrected chi connectivity index (χ1v) is 6.16. The highest BCUT2D eigenvalue weighted by Gasteiger charge is 2.76. The molecule has 26 heavy (non-hydrogen) atoms. The van der Waals surface area contributed by atoms with E-state index < -0.39 is 51.3 Å². The predicted molar refractivity (Wildman–Crippen MR) is 65.2 cm³/mol. The Morgan fingerprint density at radius 1 is 1.12 bits per heavy atom. The van der Waals surface area contributed by atoms with Crippen molar-refractivity contribution in [3.05, 3.63) is 27.9 Å². The van der Waals surface area contributed by atoms with Gasteiger partial charge in [0.2, 0.25) is 5.82 Å². The molecule has 0 radical (unpaired) electrons. The maximum absolute atomic E-state index is 13.2. The van der Waals surface area contributed by atoms with Gasteiger partial charge in [0.05, 0.1) is 10.5 Å². The largest absolute Gasteiger partial charge is 0.460 e. The number of hydrogen-bond acceptors (Lipinski definition) is 4. The SMILES string of the molecule is O=C(Nc1ncc(C(F)(F)Cl)cc1[N+](=O)[O-])C(F)(F)C(F)(F)C(F)(F)F. The van der Waals surface area contributed by atoms with Gasteiger partial charge in [-0.1, -0.05) is 0 Å². The molecule has 0 aliphatic rings. The molecule has 0 unspecified atom stereocenters. The lowest BCUT2D eigenvalue weighted by Gasteiger charge is -2.26. The minimum absolute atomic E-state index is 0.0460. The molecule has 1 amide bonds. The molecule has 0 aliphatic heterocycles. The molecule has 0 bridgehead atoms. The van der Waals surface area contributed by atoms with Crippen LogP contribution < -0.4 is 5.32 Å². The number of nitro groups is 1. The molecule has 0 aliphatic carbocycles. The highest BCUT2D eigenvalue weighted by Crippen LogP contribution is 2.47. The van der Waals surface area contributed by atoms with E-state index in [2.05, 4.69) is 16.6 Å². The van der Waals surface area contributed by atoms with Crippen molar-refractivity contribution >= 4 is 29.0 Å². The van der Waals surface area contributed by atoms with Crippen molar-refractivity contribution in [3.8, 4) is 0 Å². The molecule has 1 N–H and O–H groups in total. The Morgan fingerprint density at radius 2 is 1.62 bits per heavy atom. The average molecular weight is 420 g/mol. The third kappa shape index (κ3) is 3.91. The quantitative estimate of drug-likeness (QED) is 0.338. The summed E-state index contributed by atoms with van der Waals surface area (Å²) in [5, 5.41) is 7.16. The molecule has 0 spiro atoms. The first-order chi connectivity index (χ1) is 11.4. The van der Waals surface area contributed by atoms with Crippen LogP contribution in [0.25, 0.3) is 0 Å². The number of anilines is 1. The van der Waals surface area contributed by atoms with Gasteiger partial charge in [0.1, 0.15) is 0 Å². The van der Waals surface area contributed by atoms with Crippen molar-refractivity contribution in [2.75, 3.05) is 5.32 Å². The summed E-state index contributed by atoms with van der Waals surface area (Å²) in [4.78, 5) is 23.0. The van der Waals surface area contributed by atoms with E-state index in [4.69, 9.17) is 0 Å². The van der Waals surface area contributed by atoms with E-state index in [1.807, 2.05) is 0 Å². The molecule has 1 aromatic rings. The Hall–Kier alpha value is -2.32. The van der Waals surface area contributed by atoms with Gasteiger partial charge in [0.15, 0.2) is 0 Å². The maximum Gasteiger partial charge on any atom is 0.460 e. The normalized spacial score (nSPS) is 13.5. The number of amides is 1. The first-order valence-electron chi connectivity index (χ1n) is 5.78. The van der Waals surface area contributed by atoms with Gasteiger partial charge in [-0.2, -0.15) is 39.5 Å². The van der Waals surface area contributed by atoms with Gasteiger partial charge < -0.3 is 0 Å². The average Bonchev–Trinajstić information content (AvgIpc) is 2.44. The lowest BCUT2D eigenvalue weighted by atomic mass is 10.1. The molecular formula is C10H3ClF9N3O3. The minimum atomic E-state index is -6.84. The van der Waals surface area contributed by atoms with Crippen LogP contribution in [0.3, 0.4) is 0 Å². The van der Waals surface area contributed by atoms with Crippen LogP contribution in [0, 0.1) is 10.1 Å². The fourth-order valence-corrected chi connectivity index (χ4v) is 1.45. The van der Waals surface area contributed by atoms with Crippen LogP contribution in [-0.4, -0.2) is 33.8 Å². The summed E-state index contributed by atoms with van der Waals surface area (Å²) in [7, 11) is 0. The highest BCUT2D eigenvalue weighted by molar-refractivity contribution is 6.21. The van der Waals surface area contributed by atoms with E-state index >= 15 is 0 Å². The van der Waals surface area contributed by atoms with Crippen LogP contribution >= 0.6 is 11.6 Å². The summed E-state index contributed by atoms with van der Waals surface area (Å²) in [5.74, 6) is -18.1. The van der Waals surface area contributed by atoms with Gasteiger partial charge >= 0.3 is 35.0 Å². The summed E-state index contributed by atoms with van der Waals surface area (Å²) in [6, 6.07) is -0.0460. The minimum Gasteiger partial charge on any atom is -0.299 e. The molecule has 0 fully saturated rings. The smallest absolute Gasteiger partial charge is 0.299 e. The van der Waals surface area contributed by atoms with Crippen molar-refractivity contribution in [2.24, 2.45) is 0 Å². The summed E-state index contributed by atoms with van der Waals surface area (Å²) >= 11 is 4.55. The molecular weight excluding hydrogens is 417 g/mol. The van der Waals surface area contributed by atoms with Gasteiger partial charge in [-0.25, -0.2) is 4.98 Å². The molecule has 0 aromatic carbocycles. The first kappa shape index (κ1) is 21.7. The number of hydrogen-bond donors (Lipinski definition) is 1. The lowest BCUT2D eigenvalue weighted by molar-refractivity contribution is -0.384. The molecule has 146 valence electrons. The molecule has 16 heteroatoms. The second-order valence-corrected chi connectivity index (χ2v) is 4.92. The topological polar surface area (TPSA) is 85.1 Å². The van der Waals surface area contributed by atoms with Gasteiger partial charge in [-0.15, -0.1) is 0 Å². The maximum atomic E-state index is 13.2. The Bertz CT molecular complexity index is 733. The molecule has 0 atom stereocenters. The molecule has 0 saturated heterocycles. The standard InChI is InChI=1S/C10H3ClF9N3O3/c11-8(14,15)3-1-4(23(25)26)5(21-2-3)22-6(24)7(12,13)9(16,17)10(18,19)20/h1-2H,(H,21,22,24). The van der Waals surface area contributed by atoms with Gasteiger partial charge in [-0.05, 0) is 11.6 Å². The molecule has 1 heterocycles. The van der Waals surface area contributed by atoms with Gasteiger partial charge in [0, 0.05) is 12.3 Å². The van der Waals surface area contributed by atoms with Crippen molar-refractivity contribution in [3.63, 3.8) is 0 Å².